The summed E-state index contributed by atoms with van der Waals surface area (Å²) in [5.74, 6) is -0.929. The molecule has 1 aliphatic rings. The van der Waals surface area contributed by atoms with E-state index in [1.54, 1.807) is 11.9 Å². The van der Waals surface area contributed by atoms with E-state index in [9.17, 15) is 13.6 Å². The highest BCUT2D eigenvalue weighted by Gasteiger charge is 2.27. The summed E-state index contributed by atoms with van der Waals surface area (Å²) in [6, 6.07) is 3.55. The summed E-state index contributed by atoms with van der Waals surface area (Å²) in [4.78, 5) is 14.1. The quantitative estimate of drug-likeness (QED) is 0.875. The van der Waals surface area contributed by atoms with E-state index < -0.39 is 11.6 Å². The van der Waals surface area contributed by atoms with Gasteiger partial charge in [-0.2, -0.15) is 0 Å². The number of nitrogens with zero attached hydrogens (tertiary/aromatic N) is 1. The molecule has 116 valence electrons. The number of hydrogen-bond donors (Lipinski definition) is 1. The Morgan fingerprint density at radius 2 is 2.05 bits per heavy atom. The standard InChI is InChI=1S/C16H22F2N2O/c1-19-9-8-16(21)20(14-4-2-3-5-14)11-12-10-13(17)6-7-15(12)18/h6-7,10,14,19H,2-5,8-9,11H2,1H3. The van der Waals surface area contributed by atoms with Crippen molar-refractivity contribution in [3.63, 3.8) is 0 Å². The fourth-order valence-electron chi connectivity index (χ4n) is 2.86. The average molecular weight is 296 g/mol. The molecule has 2 rings (SSSR count). The molecule has 0 heterocycles. The van der Waals surface area contributed by atoms with Gasteiger partial charge in [-0.15, -0.1) is 0 Å². The molecule has 0 bridgehead atoms. The summed E-state index contributed by atoms with van der Waals surface area (Å²) in [7, 11) is 1.79. The molecule has 0 atom stereocenters. The predicted molar refractivity (Wildman–Crippen MR) is 77.7 cm³/mol. The maximum Gasteiger partial charge on any atom is 0.224 e. The van der Waals surface area contributed by atoms with Gasteiger partial charge in [0.15, 0.2) is 0 Å². The molecule has 21 heavy (non-hydrogen) atoms. The molecule has 1 amide bonds. The zero-order valence-electron chi connectivity index (χ0n) is 12.4. The van der Waals surface area contributed by atoms with Gasteiger partial charge in [-0.1, -0.05) is 12.8 Å². The summed E-state index contributed by atoms with van der Waals surface area (Å²) in [5.41, 5.74) is 0.250. The van der Waals surface area contributed by atoms with Gasteiger partial charge in [-0.05, 0) is 38.1 Å². The summed E-state index contributed by atoms with van der Waals surface area (Å²) in [6.07, 6.45) is 4.45. The van der Waals surface area contributed by atoms with Gasteiger partial charge in [0.1, 0.15) is 11.6 Å². The number of carbonyl (C=O) groups excluding carboxylic acids is 1. The molecule has 1 saturated carbocycles. The number of nitrogens with one attached hydrogen (secondary N) is 1. The lowest BCUT2D eigenvalue weighted by molar-refractivity contribution is -0.134. The average Bonchev–Trinajstić information content (AvgIpc) is 2.99. The molecule has 0 radical (unpaired) electrons. The van der Waals surface area contributed by atoms with Gasteiger partial charge < -0.3 is 10.2 Å². The molecule has 5 heteroatoms. The molecule has 1 N–H and O–H groups in total. The van der Waals surface area contributed by atoms with Crippen molar-refractivity contribution in [3.8, 4) is 0 Å². The van der Waals surface area contributed by atoms with Crippen LogP contribution in [0.3, 0.4) is 0 Å². The minimum atomic E-state index is -0.472. The third-order valence-corrected chi connectivity index (χ3v) is 4.02. The Kier molecular flexibility index (Phi) is 5.67. The Morgan fingerprint density at radius 3 is 2.71 bits per heavy atom. The highest BCUT2D eigenvalue weighted by Crippen LogP contribution is 2.26. The zero-order chi connectivity index (χ0) is 15.2. The van der Waals surface area contributed by atoms with E-state index in [4.69, 9.17) is 0 Å². The summed E-state index contributed by atoms with van der Waals surface area (Å²) >= 11 is 0. The lowest BCUT2D eigenvalue weighted by atomic mass is 10.1. The predicted octanol–water partition coefficient (Wildman–Crippen LogP) is 2.85. The second-order valence-corrected chi connectivity index (χ2v) is 5.55. The summed E-state index contributed by atoms with van der Waals surface area (Å²) < 4.78 is 27.1. The first-order valence-electron chi connectivity index (χ1n) is 7.50. The first kappa shape index (κ1) is 15.9. The van der Waals surface area contributed by atoms with Crippen molar-refractivity contribution in [2.75, 3.05) is 13.6 Å². The SMILES string of the molecule is CNCCC(=O)N(Cc1cc(F)ccc1F)C1CCCC1. The molecule has 0 aliphatic heterocycles. The molecular weight excluding hydrogens is 274 g/mol. The number of amides is 1. The van der Waals surface area contributed by atoms with Crippen LogP contribution in [-0.4, -0.2) is 30.4 Å². The topological polar surface area (TPSA) is 32.3 Å². The normalized spacial score (nSPS) is 15.4. The molecular formula is C16H22F2N2O. The fraction of sp³-hybridized carbons (Fsp3) is 0.562. The number of carbonyl (C=O) groups is 1. The van der Waals surface area contributed by atoms with Crippen LogP contribution in [0.4, 0.5) is 8.78 Å². The largest absolute Gasteiger partial charge is 0.335 e. The monoisotopic (exact) mass is 296 g/mol. The Morgan fingerprint density at radius 1 is 1.33 bits per heavy atom. The Bertz CT molecular complexity index is 487. The molecule has 1 aromatic rings. The fourth-order valence-corrected chi connectivity index (χ4v) is 2.86. The molecule has 1 aromatic carbocycles. The van der Waals surface area contributed by atoms with Crippen LogP contribution >= 0.6 is 0 Å². The van der Waals surface area contributed by atoms with Crippen LogP contribution in [-0.2, 0) is 11.3 Å². The van der Waals surface area contributed by atoms with Gasteiger partial charge in [0.25, 0.3) is 0 Å². The number of halogens is 2. The van der Waals surface area contributed by atoms with Crippen LogP contribution in [0.2, 0.25) is 0 Å². The molecule has 0 unspecified atom stereocenters. The summed E-state index contributed by atoms with van der Waals surface area (Å²) in [5, 5.41) is 2.95. The van der Waals surface area contributed by atoms with Crippen molar-refractivity contribution in [3.05, 3.63) is 35.4 Å². The Hall–Kier alpha value is -1.49. The molecule has 0 spiro atoms. The van der Waals surface area contributed by atoms with E-state index in [0.29, 0.717) is 13.0 Å². The van der Waals surface area contributed by atoms with E-state index in [1.807, 2.05) is 0 Å². The number of rotatable bonds is 6. The highest BCUT2D eigenvalue weighted by molar-refractivity contribution is 5.76. The van der Waals surface area contributed by atoms with Crippen LogP contribution in [0, 0.1) is 11.6 Å². The molecule has 0 aromatic heterocycles. The van der Waals surface area contributed by atoms with Crippen molar-refractivity contribution in [2.45, 2.75) is 44.7 Å². The van der Waals surface area contributed by atoms with E-state index in [1.165, 1.54) is 6.07 Å². The van der Waals surface area contributed by atoms with Crippen molar-refractivity contribution >= 4 is 5.91 Å². The third kappa shape index (κ3) is 4.24. The molecule has 3 nitrogen and oxygen atoms in total. The first-order chi connectivity index (χ1) is 10.1. The van der Waals surface area contributed by atoms with Gasteiger partial charge >= 0.3 is 0 Å². The Balaban J connectivity index is 2.14. The molecule has 1 fully saturated rings. The minimum absolute atomic E-state index is 0.0000822. The highest BCUT2D eigenvalue weighted by atomic mass is 19.1. The van der Waals surface area contributed by atoms with Crippen molar-refractivity contribution in [2.24, 2.45) is 0 Å². The van der Waals surface area contributed by atoms with E-state index in [-0.39, 0.29) is 24.1 Å². The van der Waals surface area contributed by atoms with E-state index >= 15 is 0 Å². The molecule has 0 saturated heterocycles. The molecule has 1 aliphatic carbocycles. The van der Waals surface area contributed by atoms with Crippen LogP contribution in [0.15, 0.2) is 18.2 Å². The van der Waals surface area contributed by atoms with Crippen molar-refractivity contribution in [1.82, 2.24) is 10.2 Å². The second kappa shape index (κ2) is 7.50. The van der Waals surface area contributed by atoms with Gasteiger partial charge in [-0.3, -0.25) is 4.79 Å². The van der Waals surface area contributed by atoms with Crippen LogP contribution in [0.25, 0.3) is 0 Å². The second-order valence-electron chi connectivity index (χ2n) is 5.55. The first-order valence-corrected chi connectivity index (χ1v) is 7.50. The minimum Gasteiger partial charge on any atom is -0.335 e. The number of hydrogen-bond acceptors (Lipinski definition) is 2. The maximum atomic E-state index is 13.8. The van der Waals surface area contributed by atoms with Crippen LogP contribution in [0.5, 0.6) is 0 Å². The zero-order valence-corrected chi connectivity index (χ0v) is 12.4. The van der Waals surface area contributed by atoms with Gasteiger partial charge in [0, 0.05) is 31.1 Å². The van der Waals surface area contributed by atoms with Crippen molar-refractivity contribution < 1.29 is 13.6 Å². The van der Waals surface area contributed by atoms with E-state index in [2.05, 4.69) is 5.32 Å². The maximum absolute atomic E-state index is 13.8. The summed E-state index contributed by atoms with van der Waals surface area (Å²) in [6.45, 7) is 0.741. The van der Waals surface area contributed by atoms with Crippen molar-refractivity contribution in [1.29, 1.82) is 0 Å². The van der Waals surface area contributed by atoms with Gasteiger partial charge in [0.2, 0.25) is 5.91 Å². The Labute approximate surface area is 124 Å². The lowest BCUT2D eigenvalue weighted by Gasteiger charge is -2.29. The van der Waals surface area contributed by atoms with Crippen LogP contribution in [0.1, 0.15) is 37.7 Å². The lowest BCUT2D eigenvalue weighted by Crippen LogP contribution is -2.39. The van der Waals surface area contributed by atoms with E-state index in [0.717, 1.165) is 37.8 Å². The smallest absolute Gasteiger partial charge is 0.224 e. The number of benzene rings is 1. The van der Waals surface area contributed by atoms with Gasteiger partial charge in [-0.25, -0.2) is 8.78 Å². The van der Waals surface area contributed by atoms with Crippen LogP contribution < -0.4 is 5.32 Å². The third-order valence-electron chi connectivity index (χ3n) is 4.02. The van der Waals surface area contributed by atoms with Gasteiger partial charge in [0.05, 0.1) is 0 Å².